The highest BCUT2D eigenvalue weighted by molar-refractivity contribution is 5.80. The molecule has 15 heavy (non-hydrogen) atoms. The molecule has 0 spiro atoms. The zero-order chi connectivity index (χ0) is 11.1. The van der Waals surface area contributed by atoms with Gasteiger partial charge in [0.1, 0.15) is 5.78 Å². The Morgan fingerprint density at radius 1 is 1.20 bits per heavy atom. The van der Waals surface area contributed by atoms with Crippen molar-refractivity contribution in [2.75, 3.05) is 0 Å². The van der Waals surface area contributed by atoms with Crippen LogP contribution in [0.25, 0.3) is 0 Å². The van der Waals surface area contributed by atoms with Crippen LogP contribution in [0.2, 0.25) is 0 Å². The molecule has 0 bridgehead atoms. The molecule has 1 rings (SSSR count). The van der Waals surface area contributed by atoms with Gasteiger partial charge in [-0.15, -0.1) is 0 Å². The summed E-state index contributed by atoms with van der Waals surface area (Å²) in [6.07, 6.45) is 10.3. The van der Waals surface area contributed by atoms with E-state index in [1.165, 1.54) is 38.5 Å². The van der Waals surface area contributed by atoms with E-state index in [9.17, 15) is 4.79 Å². The van der Waals surface area contributed by atoms with Crippen molar-refractivity contribution in [2.45, 2.75) is 64.7 Å². The van der Waals surface area contributed by atoms with Gasteiger partial charge < -0.3 is 0 Å². The molecule has 0 aromatic heterocycles. The van der Waals surface area contributed by atoms with Crippen LogP contribution in [-0.2, 0) is 4.79 Å². The Morgan fingerprint density at radius 2 is 1.80 bits per heavy atom. The van der Waals surface area contributed by atoms with Gasteiger partial charge in [0.25, 0.3) is 0 Å². The number of hydrogen-bond donors (Lipinski definition) is 0. The third-order valence-electron chi connectivity index (χ3n) is 3.44. The quantitative estimate of drug-likeness (QED) is 0.487. The number of rotatable bonds is 5. The molecule has 0 amide bonds. The van der Waals surface area contributed by atoms with Crippen LogP contribution in [0.5, 0.6) is 0 Å². The molecule has 0 atom stereocenters. The molecule has 1 aliphatic rings. The Balaban J connectivity index is 2.26. The van der Waals surface area contributed by atoms with Crippen LogP contribution in [0.4, 0.5) is 0 Å². The van der Waals surface area contributed by atoms with E-state index in [0.717, 1.165) is 18.4 Å². The van der Waals surface area contributed by atoms with Gasteiger partial charge in [-0.25, -0.2) is 0 Å². The Morgan fingerprint density at radius 3 is 2.33 bits per heavy atom. The summed E-state index contributed by atoms with van der Waals surface area (Å²) in [5, 5.41) is 0. The molecule has 0 saturated heterocycles. The van der Waals surface area contributed by atoms with Crippen molar-refractivity contribution in [3.8, 4) is 0 Å². The van der Waals surface area contributed by atoms with Crippen LogP contribution >= 0.6 is 0 Å². The summed E-state index contributed by atoms with van der Waals surface area (Å²) in [5.74, 6) is 1.08. The predicted molar refractivity (Wildman–Crippen MR) is 64.9 cm³/mol. The predicted octanol–water partition coefficient (Wildman–Crippen LogP) is 4.27. The second kappa shape index (κ2) is 6.81. The van der Waals surface area contributed by atoms with Crippen molar-refractivity contribution >= 4 is 5.78 Å². The van der Waals surface area contributed by atoms with Gasteiger partial charge in [-0.1, -0.05) is 57.6 Å². The summed E-state index contributed by atoms with van der Waals surface area (Å²) in [6.45, 7) is 5.97. The maximum absolute atomic E-state index is 11.7. The van der Waals surface area contributed by atoms with E-state index in [1.54, 1.807) is 0 Å². The van der Waals surface area contributed by atoms with Crippen molar-refractivity contribution in [1.82, 2.24) is 0 Å². The zero-order valence-electron chi connectivity index (χ0n) is 10.1. The van der Waals surface area contributed by atoms with Crippen LogP contribution in [-0.4, -0.2) is 5.78 Å². The highest BCUT2D eigenvalue weighted by Gasteiger charge is 2.16. The summed E-state index contributed by atoms with van der Waals surface area (Å²) in [7, 11) is 0. The maximum atomic E-state index is 11.7. The zero-order valence-corrected chi connectivity index (χ0v) is 10.1. The Labute approximate surface area is 93.9 Å². The summed E-state index contributed by atoms with van der Waals surface area (Å²) >= 11 is 0. The molecule has 1 saturated carbocycles. The number of ketones is 1. The monoisotopic (exact) mass is 208 g/mol. The lowest BCUT2D eigenvalue weighted by atomic mass is 9.92. The Kier molecular flexibility index (Phi) is 5.67. The average Bonchev–Trinajstić information content (AvgIpc) is 2.46. The van der Waals surface area contributed by atoms with E-state index in [2.05, 4.69) is 13.5 Å². The second-order valence-electron chi connectivity index (χ2n) is 4.88. The molecular formula is C14H24O. The van der Waals surface area contributed by atoms with Crippen LogP contribution in [0.3, 0.4) is 0 Å². The molecule has 0 N–H and O–H groups in total. The number of Topliss-reactive ketones (excluding diaryl/α,β-unsaturated/α-hetero) is 1. The normalized spacial score (nSPS) is 18.5. The van der Waals surface area contributed by atoms with Crippen LogP contribution in [0, 0.1) is 5.92 Å². The summed E-state index contributed by atoms with van der Waals surface area (Å²) in [5.41, 5.74) is 1.09. The largest absolute Gasteiger partial charge is 0.299 e. The molecule has 0 unspecified atom stereocenters. The van der Waals surface area contributed by atoms with Gasteiger partial charge in [0, 0.05) is 12.8 Å². The smallest absolute Gasteiger partial charge is 0.137 e. The first kappa shape index (κ1) is 12.5. The molecule has 0 aromatic rings. The van der Waals surface area contributed by atoms with E-state index in [-0.39, 0.29) is 0 Å². The first-order valence-corrected chi connectivity index (χ1v) is 6.40. The maximum Gasteiger partial charge on any atom is 0.137 e. The van der Waals surface area contributed by atoms with Crippen molar-refractivity contribution in [2.24, 2.45) is 5.92 Å². The van der Waals surface area contributed by atoms with Crippen LogP contribution in [0.15, 0.2) is 12.2 Å². The lowest BCUT2D eigenvalue weighted by molar-refractivity contribution is -0.119. The molecule has 1 aliphatic carbocycles. The molecular weight excluding hydrogens is 184 g/mol. The minimum Gasteiger partial charge on any atom is -0.299 e. The average molecular weight is 208 g/mol. The van der Waals surface area contributed by atoms with E-state index in [4.69, 9.17) is 0 Å². The van der Waals surface area contributed by atoms with Crippen molar-refractivity contribution in [1.29, 1.82) is 0 Å². The Bertz CT molecular complexity index is 209. The highest BCUT2D eigenvalue weighted by atomic mass is 16.1. The second-order valence-corrected chi connectivity index (χ2v) is 4.88. The molecule has 1 fully saturated rings. The van der Waals surface area contributed by atoms with Crippen molar-refractivity contribution < 1.29 is 4.79 Å². The first-order valence-electron chi connectivity index (χ1n) is 6.40. The van der Waals surface area contributed by atoms with Crippen LogP contribution < -0.4 is 0 Å². The van der Waals surface area contributed by atoms with Gasteiger partial charge in [0.2, 0.25) is 0 Å². The summed E-state index contributed by atoms with van der Waals surface area (Å²) in [6, 6.07) is 0. The van der Waals surface area contributed by atoms with E-state index in [0.29, 0.717) is 18.1 Å². The fraction of sp³-hybridized carbons (Fsp3) is 0.786. The van der Waals surface area contributed by atoms with E-state index >= 15 is 0 Å². The van der Waals surface area contributed by atoms with Crippen molar-refractivity contribution in [3.05, 3.63) is 12.2 Å². The minimum atomic E-state index is 0.411. The third-order valence-corrected chi connectivity index (χ3v) is 3.44. The topological polar surface area (TPSA) is 17.1 Å². The molecule has 0 aromatic carbocycles. The minimum absolute atomic E-state index is 0.411. The highest BCUT2D eigenvalue weighted by Crippen LogP contribution is 2.26. The fourth-order valence-corrected chi connectivity index (χ4v) is 2.37. The molecule has 0 aliphatic heterocycles. The first-order chi connectivity index (χ1) is 7.22. The van der Waals surface area contributed by atoms with Crippen LogP contribution in [0.1, 0.15) is 64.7 Å². The SMILES string of the molecule is C=C(CC)CC(=O)CC1CCCCCC1. The van der Waals surface area contributed by atoms with E-state index in [1.807, 2.05) is 0 Å². The lowest BCUT2D eigenvalue weighted by Gasteiger charge is -2.12. The van der Waals surface area contributed by atoms with E-state index < -0.39 is 0 Å². The van der Waals surface area contributed by atoms with Gasteiger partial charge in [-0.05, 0) is 12.3 Å². The fourth-order valence-electron chi connectivity index (χ4n) is 2.37. The van der Waals surface area contributed by atoms with Gasteiger partial charge in [-0.2, -0.15) is 0 Å². The molecule has 0 heterocycles. The Hall–Kier alpha value is -0.590. The van der Waals surface area contributed by atoms with Crippen molar-refractivity contribution in [3.63, 3.8) is 0 Å². The van der Waals surface area contributed by atoms with Gasteiger partial charge in [0.15, 0.2) is 0 Å². The summed E-state index contributed by atoms with van der Waals surface area (Å²) in [4.78, 5) is 11.7. The number of allylic oxidation sites excluding steroid dienone is 1. The van der Waals surface area contributed by atoms with Gasteiger partial charge in [-0.3, -0.25) is 4.79 Å². The summed E-state index contributed by atoms with van der Waals surface area (Å²) < 4.78 is 0. The molecule has 1 nitrogen and oxygen atoms in total. The number of carbonyl (C=O) groups excluding carboxylic acids is 1. The standard InChI is InChI=1S/C14H24O/c1-3-12(2)10-14(15)11-13-8-6-4-5-7-9-13/h13H,2-11H2,1H3. The number of carbonyl (C=O) groups is 1. The van der Waals surface area contributed by atoms with Gasteiger partial charge in [0.05, 0.1) is 0 Å². The molecule has 1 heteroatoms. The van der Waals surface area contributed by atoms with Gasteiger partial charge >= 0.3 is 0 Å². The lowest BCUT2D eigenvalue weighted by Crippen LogP contribution is -2.08. The number of hydrogen-bond acceptors (Lipinski definition) is 1. The molecule has 86 valence electrons. The third kappa shape index (κ3) is 5.15. The molecule has 0 radical (unpaired) electrons.